The molecule has 2 atom stereocenters. The number of Topliss-reactive ketones (excluding diaryl/α,β-unsaturated/α-hetero) is 1. The van der Waals surface area contributed by atoms with Gasteiger partial charge < -0.3 is 29.8 Å². The topological polar surface area (TPSA) is 113 Å². The molecule has 1 aliphatic carbocycles. The van der Waals surface area contributed by atoms with E-state index in [9.17, 15) is 14.3 Å². The zero-order valence-electron chi connectivity index (χ0n) is 22.6. The second-order valence-corrected chi connectivity index (χ2v) is 11.2. The van der Waals surface area contributed by atoms with E-state index in [-0.39, 0.29) is 43.1 Å². The first kappa shape index (κ1) is 26.7. The van der Waals surface area contributed by atoms with Gasteiger partial charge in [0.05, 0.1) is 37.7 Å². The van der Waals surface area contributed by atoms with Gasteiger partial charge in [-0.1, -0.05) is 0 Å². The quantitative estimate of drug-likeness (QED) is 0.356. The van der Waals surface area contributed by atoms with Crippen LogP contribution in [-0.2, 0) is 15.9 Å². The molecule has 0 radical (unpaired) electrons. The number of rotatable bonds is 10. The molecule has 3 N–H and O–H groups in total. The van der Waals surface area contributed by atoms with Crippen molar-refractivity contribution in [2.24, 2.45) is 11.7 Å². The standard InChI is InChI=1S/C31H33FN2O6/c1-30(33)17-39-29-23(30)14-27(34-28(29)18-3-6-21(32)7-4-18)31(36,20-15-38-16-20)12-11-24(35)19-5-10-25(26(13-19)37-2)40-22-8-9-22/h3-7,10,13-14,20,22,36H,8-9,11-12,15-17,33H2,1-2H3/t30-,31+/m0/s1. The van der Waals surface area contributed by atoms with E-state index in [1.54, 1.807) is 43.5 Å². The summed E-state index contributed by atoms with van der Waals surface area (Å²) in [6.07, 6.45) is 2.43. The molecule has 3 aromatic rings. The lowest BCUT2D eigenvalue weighted by Gasteiger charge is -2.41. The molecule has 1 saturated heterocycles. The fourth-order valence-corrected chi connectivity index (χ4v) is 5.23. The molecule has 2 fully saturated rings. The lowest BCUT2D eigenvalue weighted by Crippen LogP contribution is -2.47. The van der Waals surface area contributed by atoms with Gasteiger partial charge in [0.2, 0.25) is 0 Å². The number of methoxy groups -OCH3 is 1. The molecule has 3 heterocycles. The molecule has 0 amide bonds. The van der Waals surface area contributed by atoms with Crippen LogP contribution in [0.2, 0.25) is 0 Å². The molecule has 9 heteroatoms. The maximum Gasteiger partial charge on any atom is 0.163 e. The van der Waals surface area contributed by atoms with Gasteiger partial charge in [-0.15, -0.1) is 0 Å². The van der Waals surface area contributed by atoms with E-state index in [4.69, 9.17) is 29.7 Å². The van der Waals surface area contributed by atoms with Crippen molar-refractivity contribution < 1.29 is 33.2 Å². The second-order valence-electron chi connectivity index (χ2n) is 11.2. The van der Waals surface area contributed by atoms with Gasteiger partial charge in [0.15, 0.2) is 23.0 Å². The number of benzene rings is 2. The zero-order valence-corrected chi connectivity index (χ0v) is 22.6. The van der Waals surface area contributed by atoms with E-state index in [1.165, 1.54) is 12.1 Å². The third-order valence-corrected chi connectivity index (χ3v) is 8.02. The molecule has 0 bridgehead atoms. The normalized spacial score (nSPS) is 21.6. The number of hydrogen-bond donors (Lipinski definition) is 2. The molecule has 3 aliphatic rings. The second kappa shape index (κ2) is 10.1. The highest BCUT2D eigenvalue weighted by Gasteiger charge is 2.46. The number of aromatic nitrogens is 1. The Morgan fingerprint density at radius 1 is 1.18 bits per heavy atom. The van der Waals surface area contributed by atoms with E-state index >= 15 is 0 Å². The zero-order chi connectivity index (χ0) is 28.1. The van der Waals surface area contributed by atoms with Crippen molar-refractivity contribution in [3.05, 3.63) is 71.2 Å². The monoisotopic (exact) mass is 548 g/mol. The summed E-state index contributed by atoms with van der Waals surface area (Å²) < 4.78 is 36.4. The Hall–Kier alpha value is -3.53. The number of ether oxygens (including phenoxy) is 4. The number of halogens is 1. The van der Waals surface area contributed by atoms with Crippen molar-refractivity contribution in [3.8, 4) is 28.5 Å². The van der Waals surface area contributed by atoms with E-state index in [0.29, 0.717) is 58.5 Å². The van der Waals surface area contributed by atoms with E-state index in [2.05, 4.69) is 0 Å². The predicted molar refractivity (Wildman–Crippen MR) is 145 cm³/mol. The van der Waals surface area contributed by atoms with Gasteiger partial charge >= 0.3 is 0 Å². The minimum atomic E-state index is -1.46. The van der Waals surface area contributed by atoms with Crippen molar-refractivity contribution >= 4 is 5.78 Å². The SMILES string of the molecule is COc1cc(C(=O)CC[C@](O)(c2cc3c(c(-c4ccc(F)cc4)n2)OC[C@]3(C)N)C2COC2)ccc1OC1CC1. The highest BCUT2D eigenvalue weighted by atomic mass is 19.1. The van der Waals surface area contributed by atoms with Crippen molar-refractivity contribution in [2.75, 3.05) is 26.9 Å². The molecular weight excluding hydrogens is 515 g/mol. The molecule has 0 spiro atoms. The summed E-state index contributed by atoms with van der Waals surface area (Å²) in [7, 11) is 1.55. The molecule has 2 aromatic carbocycles. The Bertz CT molecular complexity index is 1430. The fraction of sp³-hybridized carbons (Fsp3) is 0.419. The molecule has 1 saturated carbocycles. The first-order valence-corrected chi connectivity index (χ1v) is 13.6. The third kappa shape index (κ3) is 4.93. The van der Waals surface area contributed by atoms with Crippen LogP contribution in [0, 0.1) is 11.7 Å². The van der Waals surface area contributed by atoms with Crippen LogP contribution in [0.25, 0.3) is 11.3 Å². The number of aliphatic hydroxyl groups is 1. The summed E-state index contributed by atoms with van der Waals surface area (Å²) in [6, 6.07) is 12.9. The number of nitrogens with two attached hydrogens (primary N) is 1. The highest BCUT2D eigenvalue weighted by molar-refractivity contribution is 5.96. The number of carbonyl (C=O) groups excluding carboxylic acids is 1. The van der Waals surface area contributed by atoms with Crippen LogP contribution in [0.3, 0.4) is 0 Å². The van der Waals surface area contributed by atoms with Gasteiger partial charge in [-0.3, -0.25) is 4.79 Å². The molecule has 2 aliphatic heterocycles. The number of ketones is 1. The smallest absolute Gasteiger partial charge is 0.163 e. The van der Waals surface area contributed by atoms with Crippen molar-refractivity contribution in [1.29, 1.82) is 0 Å². The summed E-state index contributed by atoms with van der Waals surface area (Å²) in [5.41, 5.74) is 6.98. The van der Waals surface area contributed by atoms with Crippen LogP contribution in [0.15, 0.2) is 48.5 Å². The minimum Gasteiger partial charge on any atom is -0.493 e. The van der Waals surface area contributed by atoms with Crippen molar-refractivity contribution in [3.63, 3.8) is 0 Å². The minimum absolute atomic E-state index is 0.0695. The Kier molecular flexibility index (Phi) is 6.76. The third-order valence-electron chi connectivity index (χ3n) is 8.02. The predicted octanol–water partition coefficient (Wildman–Crippen LogP) is 4.50. The largest absolute Gasteiger partial charge is 0.493 e. The van der Waals surface area contributed by atoms with Gasteiger partial charge in [-0.05, 0) is 74.7 Å². The summed E-state index contributed by atoms with van der Waals surface area (Å²) in [4.78, 5) is 18.2. The van der Waals surface area contributed by atoms with Crippen molar-refractivity contribution in [1.82, 2.24) is 4.98 Å². The van der Waals surface area contributed by atoms with Gasteiger partial charge in [-0.25, -0.2) is 9.37 Å². The molecular formula is C31H33FN2O6. The number of pyridine rings is 1. The first-order valence-electron chi connectivity index (χ1n) is 13.6. The van der Waals surface area contributed by atoms with E-state index in [0.717, 1.165) is 12.8 Å². The molecule has 8 nitrogen and oxygen atoms in total. The van der Waals surface area contributed by atoms with E-state index in [1.807, 2.05) is 6.92 Å². The van der Waals surface area contributed by atoms with Gasteiger partial charge in [-0.2, -0.15) is 0 Å². The summed E-state index contributed by atoms with van der Waals surface area (Å²) in [5.74, 6) is 0.874. The average Bonchev–Trinajstić information content (AvgIpc) is 3.68. The Balaban J connectivity index is 1.32. The molecule has 6 rings (SSSR count). The number of fused-ring (bicyclic) bond motifs is 1. The van der Waals surface area contributed by atoms with Crippen molar-refractivity contribution in [2.45, 2.75) is 49.9 Å². The maximum absolute atomic E-state index is 13.7. The fourth-order valence-electron chi connectivity index (χ4n) is 5.23. The van der Waals surface area contributed by atoms with Gasteiger partial charge in [0, 0.05) is 29.0 Å². The Morgan fingerprint density at radius 2 is 1.93 bits per heavy atom. The molecule has 40 heavy (non-hydrogen) atoms. The van der Waals surface area contributed by atoms with Crippen LogP contribution in [0.5, 0.6) is 17.2 Å². The molecule has 210 valence electrons. The van der Waals surface area contributed by atoms with Crippen LogP contribution in [0.4, 0.5) is 4.39 Å². The molecule has 1 aromatic heterocycles. The lowest BCUT2D eigenvalue weighted by atomic mass is 9.77. The van der Waals surface area contributed by atoms with E-state index < -0.39 is 11.1 Å². The Morgan fingerprint density at radius 3 is 2.58 bits per heavy atom. The van der Waals surface area contributed by atoms with Crippen LogP contribution in [-0.4, -0.2) is 48.9 Å². The number of carbonyl (C=O) groups is 1. The maximum atomic E-state index is 13.7. The summed E-state index contributed by atoms with van der Waals surface area (Å²) in [5, 5.41) is 12.2. The average molecular weight is 549 g/mol. The van der Waals surface area contributed by atoms with Crippen LogP contribution >= 0.6 is 0 Å². The number of hydrogen-bond acceptors (Lipinski definition) is 8. The van der Waals surface area contributed by atoms with Gasteiger partial charge in [0.1, 0.15) is 23.7 Å². The molecule has 0 unspecified atom stereocenters. The lowest BCUT2D eigenvalue weighted by molar-refractivity contribution is -0.156. The summed E-state index contributed by atoms with van der Waals surface area (Å²) in [6.45, 7) is 2.78. The summed E-state index contributed by atoms with van der Waals surface area (Å²) >= 11 is 0. The van der Waals surface area contributed by atoms with Crippen LogP contribution in [0.1, 0.15) is 54.2 Å². The van der Waals surface area contributed by atoms with Gasteiger partial charge in [0.25, 0.3) is 0 Å². The first-order chi connectivity index (χ1) is 19.2. The highest BCUT2D eigenvalue weighted by Crippen LogP contribution is 2.46. The Labute approximate surface area is 232 Å². The van der Waals surface area contributed by atoms with Crippen LogP contribution < -0.4 is 19.9 Å². The number of nitrogens with zero attached hydrogens (tertiary/aromatic N) is 1.